The Labute approximate surface area is 176 Å². The van der Waals surface area contributed by atoms with E-state index in [0.717, 1.165) is 42.4 Å². The molecule has 2 N–H and O–H groups in total. The molecule has 6 nitrogen and oxygen atoms in total. The van der Waals surface area contributed by atoms with Crippen molar-refractivity contribution in [2.45, 2.75) is 64.7 Å². The number of carbonyl (C=O) groups excluding carboxylic acids is 1. The van der Waals surface area contributed by atoms with Crippen LogP contribution in [-0.4, -0.2) is 47.0 Å². The number of aryl methyl sites for hydroxylation is 2. The van der Waals surface area contributed by atoms with Gasteiger partial charge in [0.2, 0.25) is 5.91 Å². The van der Waals surface area contributed by atoms with Crippen LogP contribution < -0.4 is 10.9 Å². The summed E-state index contributed by atoms with van der Waals surface area (Å²) in [6, 6.07) is 0. The number of thiophene rings is 1. The Bertz CT molecular complexity index is 913. The van der Waals surface area contributed by atoms with Crippen LogP contribution in [0.4, 0.5) is 0 Å². The smallest absolute Gasteiger partial charge is 0.259 e. The third-order valence-electron chi connectivity index (χ3n) is 6.23. The van der Waals surface area contributed by atoms with Crippen LogP contribution in [0.25, 0.3) is 10.2 Å². The predicted molar refractivity (Wildman–Crippen MR) is 118 cm³/mol. The van der Waals surface area contributed by atoms with Crippen LogP contribution in [0.15, 0.2) is 4.79 Å². The molecule has 4 rings (SSSR count). The van der Waals surface area contributed by atoms with Crippen LogP contribution in [0.3, 0.4) is 0 Å². The lowest BCUT2D eigenvalue weighted by molar-refractivity contribution is -0.121. The molecule has 1 saturated heterocycles. The van der Waals surface area contributed by atoms with Crippen molar-refractivity contribution in [1.29, 1.82) is 0 Å². The first-order chi connectivity index (χ1) is 14.1. The first-order valence-electron chi connectivity index (χ1n) is 11.1. The number of nitrogens with zero attached hydrogens (tertiary/aromatic N) is 2. The van der Waals surface area contributed by atoms with Gasteiger partial charge in [-0.2, -0.15) is 0 Å². The Hall–Kier alpha value is -1.73. The molecule has 0 bridgehead atoms. The molecule has 0 aromatic carbocycles. The lowest BCUT2D eigenvalue weighted by Crippen LogP contribution is -2.33. The van der Waals surface area contributed by atoms with E-state index in [1.165, 1.54) is 42.8 Å². The molecule has 1 unspecified atom stereocenters. The minimum absolute atomic E-state index is 0.0330. The summed E-state index contributed by atoms with van der Waals surface area (Å²) in [4.78, 5) is 37.0. The van der Waals surface area contributed by atoms with Crippen molar-refractivity contribution in [3.63, 3.8) is 0 Å². The fraction of sp³-hybridized carbons (Fsp3) is 0.682. The third-order valence-corrected chi connectivity index (χ3v) is 7.37. The van der Waals surface area contributed by atoms with Crippen LogP contribution in [0, 0.1) is 5.92 Å². The van der Waals surface area contributed by atoms with E-state index in [9.17, 15) is 9.59 Å². The Morgan fingerprint density at radius 3 is 2.97 bits per heavy atom. The Balaban J connectivity index is 1.28. The van der Waals surface area contributed by atoms with Crippen LogP contribution in [0.1, 0.15) is 61.7 Å². The number of carbonyl (C=O) groups is 1. The van der Waals surface area contributed by atoms with Crippen molar-refractivity contribution in [3.8, 4) is 0 Å². The van der Waals surface area contributed by atoms with Gasteiger partial charge < -0.3 is 15.2 Å². The molecule has 3 heterocycles. The van der Waals surface area contributed by atoms with Gasteiger partial charge in [0.1, 0.15) is 10.7 Å². The summed E-state index contributed by atoms with van der Waals surface area (Å²) >= 11 is 1.66. The highest BCUT2D eigenvalue weighted by Gasteiger charge is 2.23. The topological polar surface area (TPSA) is 78.1 Å². The Morgan fingerprint density at radius 2 is 2.14 bits per heavy atom. The second-order valence-electron chi connectivity index (χ2n) is 8.65. The SMILES string of the molecule is CC1CCc2c(sc3nc(CCC(=O)NCCCN4CCCCC4)[nH]c(=O)c23)C1. The summed E-state index contributed by atoms with van der Waals surface area (Å²) in [7, 11) is 0. The predicted octanol–water partition coefficient (Wildman–Crippen LogP) is 3.03. The van der Waals surface area contributed by atoms with Crippen LogP contribution >= 0.6 is 11.3 Å². The van der Waals surface area contributed by atoms with Gasteiger partial charge in [-0.15, -0.1) is 11.3 Å². The number of aromatic amines is 1. The van der Waals surface area contributed by atoms with E-state index in [1.54, 1.807) is 11.3 Å². The number of nitrogens with one attached hydrogen (secondary N) is 2. The van der Waals surface area contributed by atoms with Crippen molar-refractivity contribution in [2.75, 3.05) is 26.2 Å². The first kappa shape index (κ1) is 20.5. The Morgan fingerprint density at radius 1 is 1.31 bits per heavy atom. The van der Waals surface area contributed by atoms with E-state index < -0.39 is 0 Å². The zero-order chi connectivity index (χ0) is 20.2. The van der Waals surface area contributed by atoms with Gasteiger partial charge in [-0.3, -0.25) is 9.59 Å². The van der Waals surface area contributed by atoms with E-state index in [1.807, 2.05) is 0 Å². The van der Waals surface area contributed by atoms with E-state index in [-0.39, 0.29) is 11.5 Å². The third kappa shape index (κ3) is 5.07. The molecule has 158 valence electrons. The van der Waals surface area contributed by atoms with Crippen molar-refractivity contribution in [1.82, 2.24) is 20.2 Å². The molecule has 2 aromatic heterocycles. The second-order valence-corrected chi connectivity index (χ2v) is 9.73. The molecule has 2 aliphatic rings. The molecular weight excluding hydrogens is 384 g/mol. The summed E-state index contributed by atoms with van der Waals surface area (Å²) in [6.07, 6.45) is 8.93. The Kier molecular flexibility index (Phi) is 6.65. The van der Waals surface area contributed by atoms with E-state index in [2.05, 4.69) is 27.1 Å². The maximum atomic E-state index is 12.6. The maximum absolute atomic E-state index is 12.6. The van der Waals surface area contributed by atoms with Gasteiger partial charge >= 0.3 is 0 Å². The molecule has 1 atom stereocenters. The second kappa shape index (κ2) is 9.39. The summed E-state index contributed by atoms with van der Waals surface area (Å²) in [5, 5.41) is 3.79. The molecule has 1 amide bonds. The molecule has 0 spiro atoms. The fourth-order valence-electron chi connectivity index (χ4n) is 4.55. The van der Waals surface area contributed by atoms with E-state index in [4.69, 9.17) is 0 Å². The molecule has 0 saturated carbocycles. The van der Waals surface area contributed by atoms with Gasteiger partial charge in [-0.1, -0.05) is 13.3 Å². The number of piperidine rings is 1. The molecule has 7 heteroatoms. The zero-order valence-electron chi connectivity index (χ0n) is 17.4. The molecular formula is C22H32N4O2S. The number of amides is 1. The van der Waals surface area contributed by atoms with Crippen molar-refractivity contribution in [3.05, 3.63) is 26.6 Å². The van der Waals surface area contributed by atoms with Gasteiger partial charge in [0.15, 0.2) is 0 Å². The van der Waals surface area contributed by atoms with Gasteiger partial charge in [0, 0.05) is 24.3 Å². The lowest BCUT2D eigenvalue weighted by atomic mass is 9.89. The number of aromatic nitrogens is 2. The van der Waals surface area contributed by atoms with Crippen molar-refractivity contribution in [2.24, 2.45) is 5.92 Å². The van der Waals surface area contributed by atoms with Gasteiger partial charge in [-0.05, 0) is 69.6 Å². The number of fused-ring (bicyclic) bond motifs is 3. The number of H-pyrrole nitrogens is 1. The van der Waals surface area contributed by atoms with Gasteiger partial charge in [0.05, 0.1) is 5.39 Å². The largest absolute Gasteiger partial charge is 0.356 e. The quantitative estimate of drug-likeness (QED) is 0.680. The highest BCUT2D eigenvalue weighted by Crippen LogP contribution is 2.35. The highest BCUT2D eigenvalue weighted by atomic mass is 32.1. The van der Waals surface area contributed by atoms with E-state index >= 15 is 0 Å². The van der Waals surface area contributed by atoms with Crippen LogP contribution in [0.5, 0.6) is 0 Å². The number of hydrogen-bond donors (Lipinski definition) is 2. The summed E-state index contributed by atoms with van der Waals surface area (Å²) in [5.74, 6) is 1.33. The molecule has 29 heavy (non-hydrogen) atoms. The minimum Gasteiger partial charge on any atom is -0.356 e. The molecule has 1 aliphatic heterocycles. The van der Waals surface area contributed by atoms with Crippen LogP contribution in [-0.2, 0) is 24.1 Å². The fourth-order valence-corrected chi connectivity index (χ4v) is 5.95. The van der Waals surface area contributed by atoms with Gasteiger partial charge in [0.25, 0.3) is 5.56 Å². The maximum Gasteiger partial charge on any atom is 0.259 e. The van der Waals surface area contributed by atoms with Crippen molar-refractivity contribution >= 4 is 27.5 Å². The van der Waals surface area contributed by atoms with Crippen molar-refractivity contribution < 1.29 is 4.79 Å². The summed E-state index contributed by atoms with van der Waals surface area (Å²) < 4.78 is 0. The summed E-state index contributed by atoms with van der Waals surface area (Å²) in [6.45, 7) is 6.43. The first-order valence-corrected chi connectivity index (χ1v) is 11.9. The average molecular weight is 417 g/mol. The standard InChI is InChI=1S/C22H32N4O2S/c1-15-6-7-16-17(14-15)29-22-20(16)21(28)24-18(25-22)8-9-19(27)23-10-5-13-26-11-3-2-4-12-26/h15H,2-14H2,1H3,(H,23,27)(H,24,25,28). The number of likely N-dealkylation sites (tertiary alicyclic amines) is 1. The molecule has 0 radical (unpaired) electrons. The molecule has 1 fully saturated rings. The van der Waals surface area contributed by atoms with E-state index in [0.29, 0.717) is 31.1 Å². The average Bonchev–Trinajstić information content (AvgIpc) is 3.08. The highest BCUT2D eigenvalue weighted by molar-refractivity contribution is 7.18. The van der Waals surface area contributed by atoms with Gasteiger partial charge in [-0.25, -0.2) is 4.98 Å². The lowest BCUT2D eigenvalue weighted by Gasteiger charge is -2.26. The van der Waals surface area contributed by atoms with Crippen LogP contribution in [0.2, 0.25) is 0 Å². The number of rotatable bonds is 7. The molecule has 2 aromatic rings. The zero-order valence-corrected chi connectivity index (χ0v) is 18.2. The normalized spacial score (nSPS) is 20.0. The number of hydrogen-bond acceptors (Lipinski definition) is 5. The monoisotopic (exact) mass is 416 g/mol. The minimum atomic E-state index is -0.0426. The summed E-state index contributed by atoms with van der Waals surface area (Å²) in [5.41, 5.74) is 1.16. The molecule has 1 aliphatic carbocycles.